The lowest BCUT2D eigenvalue weighted by molar-refractivity contribution is -0.162. The van der Waals surface area contributed by atoms with Crippen molar-refractivity contribution in [2.45, 2.75) is 62.8 Å². The van der Waals surface area contributed by atoms with Crippen molar-refractivity contribution in [1.29, 1.82) is 0 Å². The van der Waals surface area contributed by atoms with Crippen LogP contribution in [0.2, 0.25) is 0 Å². The topological polar surface area (TPSA) is 168 Å². The van der Waals surface area contributed by atoms with Crippen molar-refractivity contribution in [3.05, 3.63) is 52.0 Å². The van der Waals surface area contributed by atoms with Crippen LogP contribution < -0.4 is 5.32 Å². The summed E-state index contributed by atoms with van der Waals surface area (Å²) in [6.45, 7) is 5.20. The Kier molecular flexibility index (Phi) is 7.52. The first-order chi connectivity index (χ1) is 18.1. The number of halogens is 1. The molecule has 0 bridgehead atoms. The molecular weight excluding hydrogens is 572 g/mol. The molecule has 6 atom stereocenters. The number of aliphatic hydroxyl groups excluding tert-OH is 3. The number of rotatable bonds is 6. The second-order valence-electron chi connectivity index (χ2n) is 11.6. The molecule has 0 aromatic heterocycles. The van der Waals surface area contributed by atoms with Crippen molar-refractivity contribution < 1.29 is 39.9 Å². The third-order valence-electron chi connectivity index (χ3n) is 8.36. The van der Waals surface area contributed by atoms with Gasteiger partial charge in [0.25, 0.3) is 5.91 Å². The number of phenolic OH excluding ortho intramolecular Hbond substituents is 1. The molecule has 6 N–H and O–H groups in total. The van der Waals surface area contributed by atoms with E-state index < -0.39 is 81.2 Å². The highest BCUT2D eigenvalue weighted by atomic mass is 79.9. The van der Waals surface area contributed by atoms with Crippen LogP contribution in [0.3, 0.4) is 0 Å². The van der Waals surface area contributed by atoms with Crippen LogP contribution in [-0.4, -0.2) is 90.6 Å². The maximum Gasteiger partial charge on any atom is 0.258 e. The summed E-state index contributed by atoms with van der Waals surface area (Å²) >= 11 is 3.34. The van der Waals surface area contributed by atoms with Gasteiger partial charge in [-0.15, -0.1) is 0 Å². The SMILES string of the molecule is C[C@@H]1c2cccc(O)c2C(=O)C2=C(O)[C@@]3(O)C(=O)C(C(=O)NC(C)(C)CCCBr)=C(O)[C@H](N(C)C)[C@H]3[C@H](O)[C@H]21. The largest absolute Gasteiger partial charge is 0.510 e. The number of ketones is 2. The number of carbonyl (C=O) groups excluding carboxylic acids is 3. The van der Waals surface area contributed by atoms with Gasteiger partial charge in [-0.05, 0) is 58.3 Å². The molecule has 0 unspecified atom stereocenters. The highest BCUT2D eigenvalue weighted by molar-refractivity contribution is 9.09. The third-order valence-corrected chi connectivity index (χ3v) is 8.92. The molecule has 212 valence electrons. The smallest absolute Gasteiger partial charge is 0.258 e. The quantitative estimate of drug-likeness (QED) is 0.210. The normalized spacial score (nSPS) is 30.7. The number of hydrogen-bond acceptors (Lipinski definition) is 9. The fourth-order valence-electron chi connectivity index (χ4n) is 6.50. The Labute approximate surface area is 235 Å². The predicted octanol–water partition coefficient (Wildman–Crippen LogP) is 2.24. The number of aliphatic hydroxyl groups is 4. The summed E-state index contributed by atoms with van der Waals surface area (Å²) in [7, 11) is 3.08. The van der Waals surface area contributed by atoms with Gasteiger partial charge in [-0.2, -0.15) is 0 Å². The number of nitrogens with zero attached hydrogens (tertiary/aromatic N) is 1. The highest BCUT2D eigenvalue weighted by Crippen LogP contribution is 2.55. The van der Waals surface area contributed by atoms with E-state index in [1.54, 1.807) is 47.0 Å². The molecular formula is C28H35BrN2O8. The molecule has 0 radical (unpaired) electrons. The molecule has 0 saturated heterocycles. The number of likely N-dealkylation sites (N-methyl/N-ethyl adjacent to an activating group) is 1. The Morgan fingerprint density at radius 2 is 1.82 bits per heavy atom. The van der Waals surface area contributed by atoms with Crippen molar-refractivity contribution in [3.63, 3.8) is 0 Å². The van der Waals surface area contributed by atoms with Gasteiger partial charge in [0.05, 0.1) is 23.6 Å². The number of aromatic hydroxyl groups is 1. The molecule has 0 fully saturated rings. The molecule has 1 aromatic carbocycles. The van der Waals surface area contributed by atoms with Gasteiger partial charge in [-0.3, -0.25) is 19.3 Å². The Bertz CT molecular complexity index is 1300. The number of Topliss-reactive ketones (excluding diaryl/α,β-unsaturated/α-hetero) is 2. The monoisotopic (exact) mass is 606 g/mol. The summed E-state index contributed by atoms with van der Waals surface area (Å²) in [5.74, 6) is -8.23. The molecule has 4 rings (SSSR count). The van der Waals surface area contributed by atoms with E-state index in [-0.39, 0.29) is 11.3 Å². The molecule has 0 aliphatic heterocycles. The van der Waals surface area contributed by atoms with E-state index in [9.17, 15) is 39.9 Å². The van der Waals surface area contributed by atoms with E-state index in [0.29, 0.717) is 23.7 Å². The molecule has 39 heavy (non-hydrogen) atoms. The average molecular weight is 607 g/mol. The minimum absolute atomic E-state index is 0.0886. The van der Waals surface area contributed by atoms with E-state index in [2.05, 4.69) is 21.2 Å². The van der Waals surface area contributed by atoms with Crippen LogP contribution in [0, 0.1) is 11.8 Å². The number of hydrogen-bond donors (Lipinski definition) is 6. The summed E-state index contributed by atoms with van der Waals surface area (Å²) in [5, 5.41) is 60.3. The van der Waals surface area contributed by atoms with Crippen LogP contribution in [0.5, 0.6) is 5.75 Å². The van der Waals surface area contributed by atoms with Gasteiger partial charge in [0, 0.05) is 22.4 Å². The van der Waals surface area contributed by atoms with Crippen LogP contribution >= 0.6 is 15.9 Å². The number of carbonyl (C=O) groups is 3. The maximum atomic E-state index is 13.9. The van der Waals surface area contributed by atoms with Gasteiger partial charge in [0.1, 0.15) is 22.8 Å². The summed E-state index contributed by atoms with van der Waals surface area (Å²) in [4.78, 5) is 42.4. The number of amides is 1. The number of benzene rings is 1. The van der Waals surface area contributed by atoms with Crippen molar-refractivity contribution in [1.82, 2.24) is 10.2 Å². The zero-order chi connectivity index (χ0) is 29.2. The molecule has 1 amide bonds. The molecule has 11 heteroatoms. The summed E-state index contributed by atoms with van der Waals surface area (Å²) in [6, 6.07) is 3.24. The minimum atomic E-state index is -2.89. The minimum Gasteiger partial charge on any atom is -0.510 e. The standard InChI is InChI=1S/C28H35BrN2O8/c1-12-13-8-6-9-14(32)16(13)21(33)17-15(12)22(34)19-20(31(4)5)23(35)18(25(37)28(19,39)24(17)36)26(38)30-27(2,3)10-7-11-29/h6,8-9,12,15,19-20,22,32,34-36,39H,7,10-11H2,1-5H3,(H,30,38)/t12-,15+,19+,20-,22-,28-/m1/s1. The lowest BCUT2D eigenvalue weighted by atomic mass is 9.55. The summed E-state index contributed by atoms with van der Waals surface area (Å²) < 4.78 is 0. The number of fused-ring (bicyclic) bond motifs is 3. The lowest BCUT2D eigenvalue weighted by Gasteiger charge is -2.53. The number of alkyl halides is 1. The van der Waals surface area contributed by atoms with Crippen molar-refractivity contribution in [3.8, 4) is 5.75 Å². The highest BCUT2D eigenvalue weighted by Gasteiger charge is 2.67. The summed E-state index contributed by atoms with van der Waals surface area (Å²) in [5.41, 5.74) is -4.46. The van der Waals surface area contributed by atoms with Gasteiger partial charge in [0.15, 0.2) is 11.4 Å². The Balaban J connectivity index is 1.92. The number of nitrogens with one attached hydrogen (secondary N) is 1. The zero-order valence-electron chi connectivity index (χ0n) is 22.5. The van der Waals surface area contributed by atoms with Crippen LogP contribution in [0.25, 0.3) is 0 Å². The Morgan fingerprint density at radius 3 is 2.41 bits per heavy atom. The first kappa shape index (κ1) is 29.3. The lowest BCUT2D eigenvalue weighted by Crippen LogP contribution is -2.68. The molecule has 3 aliphatic rings. The van der Waals surface area contributed by atoms with Crippen LogP contribution in [0.4, 0.5) is 0 Å². The molecule has 0 saturated carbocycles. The molecule has 0 heterocycles. The second-order valence-corrected chi connectivity index (χ2v) is 12.4. The van der Waals surface area contributed by atoms with Crippen molar-refractivity contribution in [2.75, 3.05) is 19.4 Å². The fourth-order valence-corrected chi connectivity index (χ4v) is 6.79. The Morgan fingerprint density at radius 1 is 1.18 bits per heavy atom. The first-order valence-electron chi connectivity index (χ1n) is 12.8. The predicted molar refractivity (Wildman–Crippen MR) is 146 cm³/mol. The number of phenols is 1. The molecule has 10 nitrogen and oxygen atoms in total. The molecule has 3 aliphatic carbocycles. The van der Waals surface area contributed by atoms with E-state index in [1.807, 2.05) is 0 Å². The van der Waals surface area contributed by atoms with E-state index >= 15 is 0 Å². The molecule has 0 spiro atoms. The van der Waals surface area contributed by atoms with Crippen molar-refractivity contribution in [2.24, 2.45) is 11.8 Å². The Hall–Kier alpha value is -2.73. The van der Waals surface area contributed by atoms with E-state index in [0.717, 1.165) is 0 Å². The zero-order valence-corrected chi connectivity index (χ0v) is 24.1. The first-order valence-corrected chi connectivity index (χ1v) is 14.0. The van der Waals surface area contributed by atoms with Crippen LogP contribution in [0.1, 0.15) is 55.5 Å². The maximum absolute atomic E-state index is 13.9. The van der Waals surface area contributed by atoms with Gasteiger partial charge in [-0.1, -0.05) is 35.0 Å². The average Bonchev–Trinajstić information content (AvgIpc) is 2.84. The fraction of sp³-hybridized carbons (Fsp3) is 0.536. The second kappa shape index (κ2) is 10.0. The van der Waals surface area contributed by atoms with Crippen molar-refractivity contribution >= 4 is 33.4 Å². The molecule has 1 aromatic rings. The van der Waals surface area contributed by atoms with Gasteiger partial charge in [0.2, 0.25) is 5.78 Å². The van der Waals surface area contributed by atoms with Gasteiger partial charge >= 0.3 is 0 Å². The van der Waals surface area contributed by atoms with Crippen LogP contribution in [-0.2, 0) is 9.59 Å². The third kappa shape index (κ3) is 4.30. The van der Waals surface area contributed by atoms with Gasteiger partial charge < -0.3 is 30.8 Å². The van der Waals surface area contributed by atoms with E-state index in [1.165, 1.54) is 11.0 Å². The van der Waals surface area contributed by atoms with E-state index in [4.69, 9.17) is 0 Å². The van der Waals surface area contributed by atoms with Crippen LogP contribution in [0.15, 0.2) is 40.9 Å². The van der Waals surface area contributed by atoms with Gasteiger partial charge in [-0.25, -0.2) is 0 Å². The summed E-state index contributed by atoms with van der Waals surface area (Å²) in [6.07, 6.45) is -0.330.